The number of aliphatic hydroxyl groups excluding tert-OH is 2. The van der Waals surface area contributed by atoms with Gasteiger partial charge in [-0.15, -0.1) is 0 Å². The molecule has 2 aromatic rings. The van der Waals surface area contributed by atoms with Crippen LogP contribution in [0.2, 0.25) is 0 Å². The van der Waals surface area contributed by atoms with Crippen LogP contribution in [0.5, 0.6) is 5.75 Å². The molecule has 1 aromatic carbocycles. The highest BCUT2D eigenvalue weighted by Gasteiger charge is 2.36. The Kier molecular flexibility index (Phi) is 15.1. The molecule has 10 heteroatoms. The summed E-state index contributed by atoms with van der Waals surface area (Å²) < 4.78 is 0. The second kappa shape index (κ2) is 17.9. The van der Waals surface area contributed by atoms with Gasteiger partial charge in [-0.1, -0.05) is 12.5 Å². The molecule has 2 aliphatic rings. The van der Waals surface area contributed by atoms with Gasteiger partial charge < -0.3 is 26.1 Å². The first kappa shape index (κ1) is 36.2. The third-order valence-corrected chi connectivity index (χ3v) is 8.25. The zero-order chi connectivity index (χ0) is 30.6. The van der Waals surface area contributed by atoms with E-state index in [0.717, 1.165) is 48.3 Å². The molecule has 43 heavy (non-hydrogen) atoms. The summed E-state index contributed by atoms with van der Waals surface area (Å²) in [4.78, 5) is 44.7. The van der Waals surface area contributed by atoms with Crippen molar-refractivity contribution in [3.05, 3.63) is 47.2 Å². The number of aromatic nitrogens is 1. The maximum absolute atomic E-state index is 13.6. The normalized spacial score (nSPS) is 18.0. The van der Waals surface area contributed by atoms with Crippen molar-refractivity contribution in [1.82, 2.24) is 15.2 Å². The van der Waals surface area contributed by atoms with Crippen molar-refractivity contribution in [3.8, 4) is 17.0 Å². The van der Waals surface area contributed by atoms with Crippen molar-refractivity contribution in [2.24, 2.45) is 17.8 Å². The highest BCUT2D eigenvalue weighted by molar-refractivity contribution is 6.03. The number of pyridine rings is 1. The second-order valence-electron chi connectivity index (χ2n) is 11.7. The van der Waals surface area contributed by atoms with Gasteiger partial charge in [-0.3, -0.25) is 24.3 Å². The van der Waals surface area contributed by atoms with Crippen molar-refractivity contribution in [3.63, 3.8) is 0 Å². The number of fused-ring (bicyclic) bond motifs is 1. The maximum Gasteiger partial charge on any atom is 0.167 e. The Morgan fingerprint density at radius 1 is 1.14 bits per heavy atom. The lowest BCUT2D eigenvalue weighted by atomic mass is 9.72. The van der Waals surface area contributed by atoms with Crippen LogP contribution in [0.4, 0.5) is 0 Å². The van der Waals surface area contributed by atoms with Gasteiger partial charge in [-0.2, -0.15) is 0 Å². The summed E-state index contributed by atoms with van der Waals surface area (Å²) in [6.45, 7) is 3.28. The number of aromatic hydroxyl groups is 1. The predicted molar refractivity (Wildman–Crippen MR) is 170 cm³/mol. The van der Waals surface area contributed by atoms with Gasteiger partial charge in [0, 0.05) is 45.7 Å². The predicted octanol–water partition coefficient (Wildman–Crippen LogP) is 3.23. The number of aliphatic hydroxyl groups is 2. The first-order valence-corrected chi connectivity index (χ1v) is 15.1. The number of phenols is 1. The standard InChI is InChI=1S/C31H40N2O6.C2H7N.H2O.2H2/c1-20(36)13-28(37)26(19-35)22(8-12-34)14-21-15-25-24(27-7-3-4-9-32-27)17-23(18-33-10-5-2-6-11-33)31(39)30(25)29(38)16-21;1-3-2;;;/h3-4,7,9,17,21-22,26,34-35,39H,2,5-6,8,10-16,18-19H2,1H3;3H,1-2H3;1H2;2*1H. The van der Waals surface area contributed by atoms with E-state index in [1.165, 1.54) is 13.3 Å². The molecule has 10 nitrogen and oxygen atoms in total. The zero-order valence-corrected chi connectivity index (χ0v) is 25.8. The third-order valence-electron chi connectivity index (χ3n) is 8.25. The van der Waals surface area contributed by atoms with Crippen molar-refractivity contribution in [2.45, 2.75) is 64.8 Å². The molecule has 0 bridgehead atoms. The zero-order valence-electron chi connectivity index (χ0n) is 25.8. The van der Waals surface area contributed by atoms with Crippen molar-refractivity contribution in [2.75, 3.05) is 40.4 Å². The van der Waals surface area contributed by atoms with Crippen LogP contribution in [-0.4, -0.2) is 88.4 Å². The van der Waals surface area contributed by atoms with Gasteiger partial charge in [-0.05, 0) is 102 Å². The minimum Gasteiger partial charge on any atom is -0.507 e. The lowest BCUT2D eigenvalue weighted by Gasteiger charge is -2.33. The number of phenolic OH excluding ortho intramolecular Hbond substituents is 1. The highest BCUT2D eigenvalue weighted by atomic mass is 16.3. The van der Waals surface area contributed by atoms with E-state index in [1.807, 2.05) is 38.4 Å². The van der Waals surface area contributed by atoms with Gasteiger partial charge >= 0.3 is 0 Å². The molecular weight excluding hydrogens is 550 g/mol. The quantitative estimate of drug-likeness (QED) is 0.266. The summed E-state index contributed by atoms with van der Waals surface area (Å²) >= 11 is 0. The number of benzene rings is 1. The molecule has 0 amide bonds. The van der Waals surface area contributed by atoms with E-state index in [1.54, 1.807) is 6.20 Å². The second-order valence-corrected chi connectivity index (χ2v) is 11.7. The first-order valence-electron chi connectivity index (χ1n) is 15.1. The molecule has 0 saturated carbocycles. The van der Waals surface area contributed by atoms with E-state index < -0.39 is 12.5 Å². The van der Waals surface area contributed by atoms with Crippen molar-refractivity contribution in [1.29, 1.82) is 0 Å². The number of hydrogen-bond acceptors (Lipinski definition) is 9. The lowest BCUT2D eigenvalue weighted by Crippen LogP contribution is -2.33. The minimum absolute atomic E-state index is 0. The van der Waals surface area contributed by atoms with Crippen LogP contribution < -0.4 is 5.32 Å². The molecule has 1 aromatic heterocycles. The van der Waals surface area contributed by atoms with Crippen molar-refractivity contribution < 1.29 is 38.0 Å². The molecule has 1 aliphatic carbocycles. The lowest BCUT2D eigenvalue weighted by molar-refractivity contribution is -0.131. The van der Waals surface area contributed by atoms with E-state index in [2.05, 4.69) is 15.2 Å². The summed E-state index contributed by atoms with van der Waals surface area (Å²) in [6.07, 6.45) is 6.36. The number of piperidine rings is 1. The Labute approximate surface area is 257 Å². The average molecular weight is 604 g/mol. The molecule has 0 spiro atoms. The molecule has 2 heterocycles. The molecule has 0 radical (unpaired) electrons. The fourth-order valence-electron chi connectivity index (χ4n) is 6.37. The number of nitrogens with zero attached hydrogens (tertiary/aromatic N) is 2. The summed E-state index contributed by atoms with van der Waals surface area (Å²) in [5, 5.41) is 33.8. The van der Waals surface area contributed by atoms with Gasteiger partial charge in [0.2, 0.25) is 0 Å². The monoisotopic (exact) mass is 603 g/mol. The number of Topliss-reactive ketones (excluding diaryl/α,β-unsaturated/α-hetero) is 3. The number of ketones is 3. The van der Waals surface area contributed by atoms with E-state index in [0.29, 0.717) is 31.4 Å². The number of rotatable bonds is 12. The molecule has 4 rings (SSSR count). The fourth-order valence-corrected chi connectivity index (χ4v) is 6.37. The van der Waals surface area contributed by atoms with Gasteiger partial charge in [0.1, 0.15) is 17.3 Å². The number of hydrogen-bond donors (Lipinski definition) is 4. The molecule has 3 atom stereocenters. The van der Waals surface area contributed by atoms with Gasteiger partial charge in [0.15, 0.2) is 5.78 Å². The Morgan fingerprint density at radius 3 is 2.42 bits per heavy atom. The van der Waals surface area contributed by atoms with Crippen LogP contribution in [0, 0.1) is 17.8 Å². The SMILES string of the molecule is CC(=O)CC(=O)C(CO)C(CCO)CC1CC(=O)c2c(O)c(CN3CCCCC3)cc(-c3ccccn3)c2C1.CNC.O.[HH].[HH]. The van der Waals surface area contributed by atoms with Crippen LogP contribution in [0.15, 0.2) is 30.5 Å². The molecule has 6 N–H and O–H groups in total. The smallest absolute Gasteiger partial charge is 0.167 e. The first-order chi connectivity index (χ1) is 20.2. The van der Waals surface area contributed by atoms with Gasteiger partial charge in [-0.25, -0.2) is 0 Å². The summed E-state index contributed by atoms with van der Waals surface area (Å²) in [7, 11) is 3.75. The highest BCUT2D eigenvalue weighted by Crippen LogP contribution is 2.43. The average Bonchev–Trinajstić information content (AvgIpc) is 2.96. The Hall–Kier alpha value is -3.02. The molecule has 1 saturated heterocycles. The molecular formula is C33H53N3O7. The van der Waals surface area contributed by atoms with E-state index >= 15 is 0 Å². The number of likely N-dealkylation sites (tertiary alicyclic amines) is 1. The Bertz CT molecular complexity index is 1210. The molecule has 1 fully saturated rings. The molecule has 1 aliphatic heterocycles. The topological polar surface area (TPSA) is 172 Å². The van der Waals surface area contributed by atoms with Crippen LogP contribution in [-0.2, 0) is 22.6 Å². The van der Waals surface area contributed by atoms with Crippen molar-refractivity contribution >= 4 is 17.3 Å². The number of carbonyl (C=O) groups is 3. The summed E-state index contributed by atoms with van der Waals surface area (Å²) in [6, 6.07) is 7.62. The van der Waals surface area contributed by atoms with Crippen LogP contribution in [0.3, 0.4) is 0 Å². The summed E-state index contributed by atoms with van der Waals surface area (Å²) in [5.41, 5.74) is 3.42. The van der Waals surface area contributed by atoms with E-state index in [9.17, 15) is 29.7 Å². The minimum atomic E-state index is -0.770. The molecule has 242 valence electrons. The third kappa shape index (κ3) is 9.74. The van der Waals surface area contributed by atoms with Crippen LogP contribution in [0.25, 0.3) is 11.3 Å². The van der Waals surface area contributed by atoms with Crippen LogP contribution >= 0.6 is 0 Å². The van der Waals surface area contributed by atoms with E-state index in [-0.39, 0.29) is 62.7 Å². The maximum atomic E-state index is 13.6. The van der Waals surface area contributed by atoms with Crippen LogP contribution in [0.1, 0.15) is 76.2 Å². The number of carbonyl (C=O) groups excluding carboxylic acids is 3. The van der Waals surface area contributed by atoms with Gasteiger partial charge in [0.25, 0.3) is 0 Å². The van der Waals surface area contributed by atoms with Gasteiger partial charge in [0.05, 0.1) is 24.3 Å². The molecule has 3 unspecified atom stereocenters. The fraction of sp³-hybridized carbons (Fsp3) is 0.576. The number of nitrogens with one attached hydrogen (secondary N) is 1. The Morgan fingerprint density at radius 2 is 1.84 bits per heavy atom. The van der Waals surface area contributed by atoms with E-state index in [4.69, 9.17) is 0 Å². The summed E-state index contributed by atoms with van der Waals surface area (Å²) in [5.74, 6) is -1.97. The largest absolute Gasteiger partial charge is 0.507 e. The Balaban J connectivity index is 0.00000310.